The number of ether oxygens (including phenoxy) is 3. The Hall–Kier alpha value is -1.79. The van der Waals surface area contributed by atoms with E-state index in [0.29, 0.717) is 19.8 Å². The maximum Gasteiger partial charge on any atom is 0.315 e. The number of urea groups is 1. The predicted molar refractivity (Wildman–Crippen MR) is 82.9 cm³/mol. The Kier molecular flexibility index (Phi) is 6.99. The second-order valence-corrected chi connectivity index (χ2v) is 5.15. The molecule has 0 fully saturated rings. The van der Waals surface area contributed by atoms with Crippen LogP contribution in [0, 0.1) is 0 Å². The number of benzene rings is 1. The second kappa shape index (κ2) is 9.27. The first-order valence-electron chi connectivity index (χ1n) is 7.64. The molecule has 1 aromatic rings. The quantitative estimate of drug-likeness (QED) is 0.598. The summed E-state index contributed by atoms with van der Waals surface area (Å²) in [6.45, 7) is 2.10. The molecule has 2 N–H and O–H groups in total. The molecule has 0 saturated carbocycles. The van der Waals surface area contributed by atoms with Crippen LogP contribution in [0.4, 0.5) is 4.79 Å². The van der Waals surface area contributed by atoms with E-state index < -0.39 is 0 Å². The van der Waals surface area contributed by atoms with E-state index in [9.17, 15) is 4.79 Å². The Balaban J connectivity index is 1.76. The number of amides is 2. The number of carbonyl (C=O) groups excluding carboxylic acids is 1. The van der Waals surface area contributed by atoms with Gasteiger partial charge in [0.25, 0.3) is 0 Å². The number of hydrogen-bond donors (Lipinski definition) is 2. The van der Waals surface area contributed by atoms with Crippen LogP contribution in [0.3, 0.4) is 0 Å². The lowest BCUT2D eigenvalue weighted by Crippen LogP contribution is -2.38. The molecular weight excluding hydrogens is 284 g/mol. The van der Waals surface area contributed by atoms with Crippen LogP contribution in [0.1, 0.15) is 30.9 Å². The average molecular weight is 308 g/mol. The smallest absolute Gasteiger partial charge is 0.315 e. The molecule has 0 bridgehead atoms. The normalized spacial score (nSPS) is 17.0. The van der Waals surface area contributed by atoms with Crippen LogP contribution < -0.4 is 15.4 Å². The van der Waals surface area contributed by atoms with Gasteiger partial charge in [0.1, 0.15) is 12.5 Å². The highest BCUT2D eigenvalue weighted by Gasteiger charge is 2.20. The fraction of sp³-hybridized carbons (Fsp3) is 0.562. The zero-order chi connectivity index (χ0) is 15.6. The van der Waals surface area contributed by atoms with Gasteiger partial charge in [-0.15, -0.1) is 0 Å². The van der Waals surface area contributed by atoms with Crippen molar-refractivity contribution in [3.63, 3.8) is 0 Å². The first-order valence-corrected chi connectivity index (χ1v) is 7.64. The third-order valence-electron chi connectivity index (χ3n) is 3.45. The Morgan fingerprint density at radius 2 is 2.27 bits per heavy atom. The molecule has 0 radical (unpaired) electrons. The molecule has 6 nitrogen and oxygen atoms in total. The van der Waals surface area contributed by atoms with Gasteiger partial charge in [-0.3, -0.25) is 0 Å². The van der Waals surface area contributed by atoms with Crippen molar-refractivity contribution in [1.29, 1.82) is 0 Å². The van der Waals surface area contributed by atoms with Gasteiger partial charge in [0.15, 0.2) is 0 Å². The van der Waals surface area contributed by atoms with Crippen LogP contribution in [0.2, 0.25) is 0 Å². The van der Waals surface area contributed by atoms with Gasteiger partial charge >= 0.3 is 6.03 Å². The predicted octanol–water partition coefficient (Wildman–Crippen LogP) is 2.21. The summed E-state index contributed by atoms with van der Waals surface area (Å²) in [7, 11) is 1.58. The minimum atomic E-state index is -0.159. The number of fused-ring (bicyclic) bond motifs is 1. The standard InChI is InChI=1S/C16H24N2O4/c1-20-12-21-10-5-9-17-16(19)18-14-7-4-11-22-15-8-3-2-6-13(14)15/h2-3,6,8,14H,4-5,7,9-12H2,1H3,(H2,17,18,19). The number of para-hydroxylation sites is 1. The summed E-state index contributed by atoms with van der Waals surface area (Å²) in [5.74, 6) is 0.860. The SMILES string of the molecule is COCOCCCNC(=O)NC1CCCOc2ccccc21. The Morgan fingerprint density at radius 1 is 1.41 bits per heavy atom. The molecule has 1 aliphatic rings. The van der Waals surface area contributed by atoms with Gasteiger partial charge in [0.2, 0.25) is 0 Å². The third kappa shape index (κ3) is 5.20. The molecule has 0 spiro atoms. The summed E-state index contributed by atoms with van der Waals surface area (Å²) in [5, 5.41) is 5.87. The highest BCUT2D eigenvalue weighted by atomic mass is 16.7. The van der Waals surface area contributed by atoms with E-state index in [1.807, 2.05) is 24.3 Å². The monoisotopic (exact) mass is 308 g/mol. The first kappa shape index (κ1) is 16.6. The minimum absolute atomic E-state index is 0.0107. The van der Waals surface area contributed by atoms with E-state index in [1.165, 1.54) is 0 Å². The van der Waals surface area contributed by atoms with Crippen molar-refractivity contribution in [2.45, 2.75) is 25.3 Å². The first-order chi connectivity index (χ1) is 10.8. The molecule has 1 atom stereocenters. The number of methoxy groups -OCH3 is 1. The van der Waals surface area contributed by atoms with Gasteiger partial charge < -0.3 is 24.8 Å². The molecule has 2 rings (SSSR count). The Morgan fingerprint density at radius 3 is 3.14 bits per heavy atom. The van der Waals surface area contributed by atoms with Crippen molar-refractivity contribution in [2.24, 2.45) is 0 Å². The van der Waals surface area contributed by atoms with Crippen LogP contribution in [0.15, 0.2) is 24.3 Å². The second-order valence-electron chi connectivity index (χ2n) is 5.15. The lowest BCUT2D eigenvalue weighted by Gasteiger charge is -2.18. The van der Waals surface area contributed by atoms with Crippen LogP contribution >= 0.6 is 0 Å². The third-order valence-corrected chi connectivity index (χ3v) is 3.45. The maximum absolute atomic E-state index is 12.0. The topological polar surface area (TPSA) is 68.8 Å². The fourth-order valence-corrected chi connectivity index (χ4v) is 2.40. The van der Waals surface area contributed by atoms with Gasteiger partial charge in [0, 0.05) is 19.2 Å². The van der Waals surface area contributed by atoms with Crippen LogP contribution in [-0.2, 0) is 9.47 Å². The molecule has 0 aromatic heterocycles. The molecule has 2 amide bonds. The van der Waals surface area contributed by atoms with E-state index in [-0.39, 0.29) is 18.9 Å². The largest absolute Gasteiger partial charge is 0.493 e. The zero-order valence-corrected chi connectivity index (χ0v) is 13.0. The average Bonchev–Trinajstić information content (AvgIpc) is 2.73. The highest BCUT2D eigenvalue weighted by molar-refractivity contribution is 5.74. The lowest BCUT2D eigenvalue weighted by molar-refractivity contribution is -0.0307. The Bertz CT molecular complexity index is 467. The summed E-state index contributed by atoms with van der Waals surface area (Å²) >= 11 is 0. The van der Waals surface area contributed by atoms with Crippen molar-refractivity contribution in [1.82, 2.24) is 10.6 Å². The number of nitrogens with one attached hydrogen (secondary N) is 2. The molecule has 0 saturated heterocycles. The van der Waals surface area contributed by atoms with E-state index in [0.717, 1.165) is 30.6 Å². The summed E-state index contributed by atoms with van der Waals surface area (Å²) in [6, 6.07) is 7.69. The number of rotatable bonds is 7. The molecule has 22 heavy (non-hydrogen) atoms. The van der Waals surface area contributed by atoms with Gasteiger partial charge in [-0.05, 0) is 25.3 Å². The molecule has 0 aliphatic carbocycles. The summed E-state index contributed by atoms with van der Waals surface area (Å²) in [4.78, 5) is 12.0. The van der Waals surface area contributed by atoms with Crippen molar-refractivity contribution in [2.75, 3.05) is 33.7 Å². The summed E-state index contributed by atoms with van der Waals surface area (Å²) in [6.07, 6.45) is 2.55. The lowest BCUT2D eigenvalue weighted by atomic mass is 10.0. The van der Waals surface area contributed by atoms with Crippen molar-refractivity contribution < 1.29 is 19.0 Å². The van der Waals surface area contributed by atoms with E-state index in [1.54, 1.807) is 7.11 Å². The van der Waals surface area contributed by atoms with Crippen LogP contribution in [0.5, 0.6) is 5.75 Å². The highest BCUT2D eigenvalue weighted by Crippen LogP contribution is 2.30. The molecule has 6 heteroatoms. The molecule has 1 aromatic carbocycles. The summed E-state index contributed by atoms with van der Waals surface area (Å²) in [5.41, 5.74) is 1.04. The molecular formula is C16H24N2O4. The van der Waals surface area contributed by atoms with Crippen molar-refractivity contribution in [3.05, 3.63) is 29.8 Å². The van der Waals surface area contributed by atoms with Crippen LogP contribution in [-0.4, -0.2) is 39.7 Å². The molecule has 1 aliphatic heterocycles. The summed E-state index contributed by atoms with van der Waals surface area (Å²) < 4.78 is 15.6. The van der Waals surface area contributed by atoms with Gasteiger partial charge in [-0.25, -0.2) is 4.79 Å². The molecule has 1 unspecified atom stereocenters. The zero-order valence-electron chi connectivity index (χ0n) is 13.0. The van der Waals surface area contributed by atoms with Gasteiger partial charge in [-0.1, -0.05) is 18.2 Å². The number of carbonyl (C=O) groups is 1. The molecule has 122 valence electrons. The van der Waals surface area contributed by atoms with Gasteiger partial charge in [-0.2, -0.15) is 0 Å². The minimum Gasteiger partial charge on any atom is -0.493 e. The Labute approximate surface area is 131 Å². The van der Waals surface area contributed by atoms with Crippen molar-refractivity contribution in [3.8, 4) is 5.75 Å². The van der Waals surface area contributed by atoms with E-state index >= 15 is 0 Å². The van der Waals surface area contributed by atoms with Gasteiger partial charge in [0.05, 0.1) is 19.3 Å². The van der Waals surface area contributed by atoms with E-state index in [4.69, 9.17) is 14.2 Å². The molecule has 1 heterocycles. The number of hydrogen-bond acceptors (Lipinski definition) is 4. The fourth-order valence-electron chi connectivity index (χ4n) is 2.40. The maximum atomic E-state index is 12.0. The van der Waals surface area contributed by atoms with E-state index in [2.05, 4.69) is 10.6 Å². The van der Waals surface area contributed by atoms with Crippen LogP contribution in [0.25, 0.3) is 0 Å². The van der Waals surface area contributed by atoms with Crippen molar-refractivity contribution >= 4 is 6.03 Å².